The van der Waals surface area contributed by atoms with Crippen LogP contribution in [0.2, 0.25) is 0 Å². The lowest BCUT2D eigenvalue weighted by molar-refractivity contribution is 0.00200. The molecule has 2 aromatic heterocycles. The lowest BCUT2D eigenvalue weighted by Crippen LogP contribution is -2.28. The largest absolute Gasteiger partial charge is 0.372 e. The Bertz CT molecular complexity index is 1320. The van der Waals surface area contributed by atoms with E-state index in [9.17, 15) is 4.79 Å². The Morgan fingerprint density at radius 2 is 1.91 bits per heavy atom. The van der Waals surface area contributed by atoms with Gasteiger partial charge in [0.2, 0.25) is 0 Å². The van der Waals surface area contributed by atoms with Crippen molar-refractivity contribution in [1.82, 2.24) is 9.55 Å². The van der Waals surface area contributed by atoms with E-state index < -0.39 is 0 Å². The molecule has 0 aliphatic carbocycles. The van der Waals surface area contributed by atoms with E-state index in [1.165, 1.54) is 11.1 Å². The Morgan fingerprint density at radius 1 is 1.15 bits per heavy atom. The molecule has 0 radical (unpaired) electrons. The molecular weight excluding hydrogens is 448 g/mol. The van der Waals surface area contributed by atoms with E-state index in [1.807, 2.05) is 22.8 Å². The number of aromatic nitrogens is 2. The van der Waals surface area contributed by atoms with Gasteiger partial charge in [0.1, 0.15) is 4.83 Å². The molecular formula is C27H28N2O2S2. The third kappa shape index (κ3) is 4.52. The van der Waals surface area contributed by atoms with Crippen molar-refractivity contribution in [3.63, 3.8) is 0 Å². The number of hydrogen-bond donors (Lipinski definition) is 0. The average molecular weight is 477 g/mol. The molecule has 2 aromatic carbocycles. The Morgan fingerprint density at radius 3 is 2.64 bits per heavy atom. The molecule has 0 N–H and O–H groups in total. The zero-order chi connectivity index (χ0) is 22.9. The SMILES string of the molecule is Cc1ccc(-n2c(SCCc3ccccc3)nc3sc4c(c3c2=O)C[C@H](C(C)C)OC4)cc1. The fourth-order valence-corrected chi connectivity index (χ4v) is 6.42. The van der Waals surface area contributed by atoms with E-state index >= 15 is 0 Å². The maximum absolute atomic E-state index is 14.0. The van der Waals surface area contributed by atoms with Gasteiger partial charge < -0.3 is 4.74 Å². The van der Waals surface area contributed by atoms with E-state index in [0.29, 0.717) is 12.5 Å². The summed E-state index contributed by atoms with van der Waals surface area (Å²) in [6, 6.07) is 18.6. The molecule has 0 fully saturated rings. The van der Waals surface area contributed by atoms with Crippen LogP contribution in [0.15, 0.2) is 64.5 Å². The lowest BCUT2D eigenvalue weighted by Gasteiger charge is -2.26. The van der Waals surface area contributed by atoms with Crippen molar-refractivity contribution in [3.8, 4) is 5.69 Å². The fourth-order valence-electron chi connectivity index (χ4n) is 4.26. The van der Waals surface area contributed by atoms with E-state index in [-0.39, 0.29) is 11.7 Å². The molecule has 4 nitrogen and oxygen atoms in total. The summed E-state index contributed by atoms with van der Waals surface area (Å²) >= 11 is 3.26. The summed E-state index contributed by atoms with van der Waals surface area (Å²) in [6.45, 7) is 6.98. The number of hydrogen-bond acceptors (Lipinski definition) is 5. The molecule has 1 aliphatic rings. The highest BCUT2D eigenvalue weighted by atomic mass is 32.2. The highest BCUT2D eigenvalue weighted by Crippen LogP contribution is 2.36. The normalized spacial score (nSPS) is 15.8. The maximum atomic E-state index is 14.0. The predicted molar refractivity (Wildman–Crippen MR) is 138 cm³/mol. The number of thioether (sulfide) groups is 1. The number of thiophene rings is 1. The quantitative estimate of drug-likeness (QED) is 0.246. The van der Waals surface area contributed by atoms with Crippen LogP contribution in [0.1, 0.15) is 35.4 Å². The van der Waals surface area contributed by atoms with Gasteiger partial charge in [-0.3, -0.25) is 9.36 Å². The smallest absolute Gasteiger partial charge is 0.267 e. The van der Waals surface area contributed by atoms with Gasteiger partial charge in [0.05, 0.1) is 23.8 Å². The molecule has 6 heteroatoms. The first-order valence-electron chi connectivity index (χ1n) is 11.4. The predicted octanol–water partition coefficient (Wildman–Crippen LogP) is 6.19. The van der Waals surface area contributed by atoms with Crippen molar-refractivity contribution >= 4 is 33.3 Å². The van der Waals surface area contributed by atoms with Gasteiger partial charge in [-0.2, -0.15) is 0 Å². The number of ether oxygens (including phenoxy) is 1. The van der Waals surface area contributed by atoms with Crippen molar-refractivity contribution in [2.45, 2.75) is 51.5 Å². The minimum atomic E-state index is 0.0352. The van der Waals surface area contributed by atoms with Crippen molar-refractivity contribution < 1.29 is 4.74 Å². The van der Waals surface area contributed by atoms with Crippen LogP contribution in [-0.2, 0) is 24.2 Å². The Labute approximate surface area is 202 Å². The Balaban J connectivity index is 1.58. The van der Waals surface area contributed by atoms with Crippen LogP contribution < -0.4 is 5.56 Å². The van der Waals surface area contributed by atoms with Gasteiger partial charge in [-0.25, -0.2) is 4.98 Å². The van der Waals surface area contributed by atoms with Gasteiger partial charge in [-0.15, -0.1) is 11.3 Å². The first kappa shape index (κ1) is 22.4. The summed E-state index contributed by atoms with van der Waals surface area (Å²) in [5.74, 6) is 1.27. The summed E-state index contributed by atoms with van der Waals surface area (Å²) < 4.78 is 7.89. The van der Waals surface area contributed by atoms with Crippen LogP contribution in [0.4, 0.5) is 0 Å². The van der Waals surface area contributed by atoms with Gasteiger partial charge in [-0.1, -0.05) is 73.6 Å². The zero-order valence-corrected chi connectivity index (χ0v) is 20.8. The topological polar surface area (TPSA) is 44.1 Å². The maximum Gasteiger partial charge on any atom is 0.267 e. The molecule has 170 valence electrons. The van der Waals surface area contributed by atoms with Gasteiger partial charge in [0, 0.05) is 17.1 Å². The molecule has 0 saturated carbocycles. The molecule has 0 saturated heterocycles. The number of aryl methyl sites for hydroxylation is 2. The highest BCUT2D eigenvalue weighted by molar-refractivity contribution is 7.99. The van der Waals surface area contributed by atoms with Gasteiger partial charge in [0.15, 0.2) is 5.16 Å². The van der Waals surface area contributed by atoms with Crippen LogP contribution in [0.5, 0.6) is 0 Å². The molecule has 0 amide bonds. The van der Waals surface area contributed by atoms with Crippen molar-refractivity contribution in [2.75, 3.05) is 5.75 Å². The summed E-state index contributed by atoms with van der Waals surface area (Å²) in [5, 5.41) is 1.53. The number of nitrogens with zero attached hydrogens (tertiary/aromatic N) is 2. The second-order valence-electron chi connectivity index (χ2n) is 8.94. The van der Waals surface area contributed by atoms with Crippen LogP contribution in [0.25, 0.3) is 15.9 Å². The molecule has 5 rings (SSSR count). The lowest BCUT2D eigenvalue weighted by atomic mass is 9.96. The minimum absolute atomic E-state index is 0.0352. The second-order valence-corrected chi connectivity index (χ2v) is 11.1. The number of fused-ring (bicyclic) bond motifs is 3. The molecule has 1 atom stereocenters. The van der Waals surface area contributed by atoms with E-state index in [0.717, 1.165) is 50.1 Å². The summed E-state index contributed by atoms with van der Waals surface area (Å²) in [7, 11) is 0. The number of benzene rings is 2. The number of rotatable bonds is 6. The van der Waals surface area contributed by atoms with Crippen LogP contribution in [0, 0.1) is 12.8 Å². The molecule has 1 aliphatic heterocycles. The minimum Gasteiger partial charge on any atom is -0.372 e. The third-order valence-electron chi connectivity index (χ3n) is 6.21. The van der Waals surface area contributed by atoms with Crippen LogP contribution >= 0.6 is 23.1 Å². The molecule has 3 heterocycles. The molecule has 33 heavy (non-hydrogen) atoms. The third-order valence-corrected chi connectivity index (χ3v) is 8.25. The first-order valence-corrected chi connectivity index (χ1v) is 13.2. The monoisotopic (exact) mass is 476 g/mol. The Kier molecular flexibility index (Phi) is 6.41. The van der Waals surface area contributed by atoms with E-state index in [2.05, 4.69) is 57.2 Å². The molecule has 0 unspecified atom stereocenters. The average Bonchev–Trinajstić information content (AvgIpc) is 3.18. The first-order chi connectivity index (χ1) is 16.0. The van der Waals surface area contributed by atoms with Crippen molar-refractivity contribution in [3.05, 3.63) is 86.5 Å². The second kappa shape index (κ2) is 9.45. The van der Waals surface area contributed by atoms with Crippen LogP contribution in [-0.4, -0.2) is 21.4 Å². The summed E-state index contributed by atoms with van der Waals surface area (Å²) in [5.41, 5.74) is 4.50. The van der Waals surface area contributed by atoms with E-state index in [1.54, 1.807) is 23.1 Å². The molecule has 0 spiro atoms. The van der Waals surface area contributed by atoms with E-state index in [4.69, 9.17) is 9.72 Å². The molecule has 4 aromatic rings. The van der Waals surface area contributed by atoms with Crippen LogP contribution in [0.3, 0.4) is 0 Å². The summed E-state index contributed by atoms with van der Waals surface area (Å²) in [4.78, 5) is 21.0. The fraction of sp³-hybridized carbons (Fsp3) is 0.333. The van der Waals surface area contributed by atoms with Crippen molar-refractivity contribution in [2.24, 2.45) is 5.92 Å². The Hall–Kier alpha value is -2.41. The van der Waals surface area contributed by atoms with Gasteiger partial charge in [-0.05, 0) is 42.5 Å². The zero-order valence-electron chi connectivity index (χ0n) is 19.2. The van der Waals surface area contributed by atoms with Crippen molar-refractivity contribution in [1.29, 1.82) is 0 Å². The molecule has 0 bridgehead atoms. The standard InChI is InChI=1S/C27H28N2O2S2/c1-17(2)22-15-21-23(16-31-22)33-25-24(21)26(30)29(20-11-9-18(3)10-12-20)27(28-25)32-14-13-19-7-5-4-6-8-19/h4-12,17,22H,13-16H2,1-3H3/t22-/m1/s1. The summed E-state index contributed by atoms with van der Waals surface area (Å²) in [6.07, 6.45) is 1.85. The highest BCUT2D eigenvalue weighted by Gasteiger charge is 2.28. The van der Waals surface area contributed by atoms with Gasteiger partial charge >= 0.3 is 0 Å². The van der Waals surface area contributed by atoms with Gasteiger partial charge in [0.25, 0.3) is 5.56 Å².